The molecule has 17 heavy (non-hydrogen) atoms. The first-order valence-electron chi connectivity index (χ1n) is 5.45. The van der Waals surface area contributed by atoms with Crippen LogP contribution in [0.2, 0.25) is 0 Å². The average Bonchev–Trinajstić information content (AvgIpc) is 2.30. The first-order chi connectivity index (χ1) is 8.11. The smallest absolute Gasteiger partial charge is 0.233 e. The van der Waals surface area contributed by atoms with E-state index >= 15 is 0 Å². The Morgan fingerprint density at radius 2 is 1.88 bits per heavy atom. The maximum absolute atomic E-state index is 10.9. The molecular weight excluding hydrogens is 218 g/mol. The molecule has 0 unspecified atom stereocenters. The second kappa shape index (κ2) is 6.65. The summed E-state index contributed by atoms with van der Waals surface area (Å²) in [5.41, 5.74) is 7.03. The van der Waals surface area contributed by atoms with Crippen LogP contribution in [0.5, 0.6) is 0 Å². The van der Waals surface area contributed by atoms with Crippen molar-refractivity contribution in [3.63, 3.8) is 0 Å². The van der Waals surface area contributed by atoms with Gasteiger partial charge in [0.2, 0.25) is 11.8 Å². The fraction of sp³-hybridized carbons (Fsp3) is 0.333. The number of hydrogen-bond acceptors (Lipinski definition) is 3. The van der Waals surface area contributed by atoms with Crippen molar-refractivity contribution in [2.75, 3.05) is 18.4 Å². The molecule has 0 heterocycles. The van der Waals surface area contributed by atoms with Crippen LogP contribution >= 0.6 is 0 Å². The van der Waals surface area contributed by atoms with Crippen LogP contribution in [0.1, 0.15) is 12.5 Å². The van der Waals surface area contributed by atoms with E-state index in [1.54, 1.807) is 0 Å². The fourth-order valence-electron chi connectivity index (χ4n) is 1.38. The Balaban J connectivity index is 2.40. The van der Waals surface area contributed by atoms with Crippen molar-refractivity contribution < 1.29 is 9.59 Å². The van der Waals surface area contributed by atoms with E-state index in [-0.39, 0.29) is 18.4 Å². The summed E-state index contributed by atoms with van der Waals surface area (Å²) in [5, 5.41) is 5.38. The van der Waals surface area contributed by atoms with Crippen molar-refractivity contribution >= 4 is 17.5 Å². The van der Waals surface area contributed by atoms with Gasteiger partial charge in [-0.25, -0.2) is 0 Å². The van der Waals surface area contributed by atoms with Crippen LogP contribution in [-0.2, 0) is 16.0 Å². The van der Waals surface area contributed by atoms with Crippen LogP contribution in [0.4, 0.5) is 5.69 Å². The van der Waals surface area contributed by atoms with Gasteiger partial charge in [0.05, 0.1) is 6.54 Å². The molecule has 1 aromatic rings. The van der Waals surface area contributed by atoms with E-state index < -0.39 is 0 Å². The molecule has 5 heteroatoms. The Hall–Kier alpha value is -1.88. The predicted octanol–water partition coefficient (Wildman–Crippen LogP) is 0.262. The molecule has 0 aromatic heterocycles. The van der Waals surface area contributed by atoms with Gasteiger partial charge >= 0.3 is 0 Å². The van der Waals surface area contributed by atoms with E-state index in [9.17, 15) is 9.59 Å². The van der Waals surface area contributed by atoms with Crippen LogP contribution < -0.4 is 16.4 Å². The van der Waals surface area contributed by atoms with Crippen LogP contribution in [0.3, 0.4) is 0 Å². The quantitative estimate of drug-likeness (QED) is 0.684. The molecule has 5 nitrogen and oxygen atoms in total. The van der Waals surface area contributed by atoms with E-state index in [2.05, 4.69) is 10.6 Å². The van der Waals surface area contributed by atoms with Crippen molar-refractivity contribution in [2.45, 2.75) is 13.3 Å². The number of rotatable bonds is 5. The zero-order valence-electron chi connectivity index (χ0n) is 9.82. The number of benzene rings is 1. The monoisotopic (exact) mass is 235 g/mol. The minimum absolute atomic E-state index is 0.0153. The predicted molar refractivity (Wildman–Crippen MR) is 66.5 cm³/mol. The van der Waals surface area contributed by atoms with Crippen molar-refractivity contribution in [1.29, 1.82) is 0 Å². The molecule has 0 spiro atoms. The summed E-state index contributed by atoms with van der Waals surface area (Å²) < 4.78 is 0. The highest BCUT2D eigenvalue weighted by molar-refractivity contribution is 5.88. The zero-order chi connectivity index (χ0) is 12.7. The van der Waals surface area contributed by atoms with Crippen molar-refractivity contribution in [3.8, 4) is 0 Å². The summed E-state index contributed by atoms with van der Waals surface area (Å²) in [6, 6.07) is 7.50. The molecule has 0 saturated carbocycles. The third kappa shape index (κ3) is 5.12. The summed E-state index contributed by atoms with van der Waals surface area (Å²) >= 11 is 0. The Morgan fingerprint density at radius 1 is 1.24 bits per heavy atom. The Labute approximate surface area is 100 Å². The molecule has 0 aliphatic carbocycles. The van der Waals surface area contributed by atoms with Crippen LogP contribution in [0.15, 0.2) is 24.3 Å². The first kappa shape index (κ1) is 13.2. The van der Waals surface area contributed by atoms with Crippen molar-refractivity contribution in [1.82, 2.24) is 5.32 Å². The second-order valence-electron chi connectivity index (χ2n) is 3.68. The maximum Gasteiger partial charge on any atom is 0.233 e. The maximum atomic E-state index is 10.9. The van der Waals surface area contributed by atoms with Crippen LogP contribution in [0, 0.1) is 0 Å². The summed E-state index contributed by atoms with van der Waals surface area (Å²) in [4.78, 5) is 21.7. The first-order valence-corrected chi connectivity index (χ1v) is 5.45. The highest BCUT2D eigenvalue weighted by Gasteiger charge is 1.98. The summed E-state index contributed by atoms with van der Waals surface area (Å²) in [5.74, 6) is -0.243. The van der Waals surface area contributed by atoms with Gasteiger partial charge in [-0.05, 0) is 24.1 Å². The molecule has 4 N–H and O–H groups in total. The lowest BCUT2D eigenvalue weighted by molar-refractivity contribution is -0.119. The third-order valence-corrected chi connectivity index (χ3v) is 2.20. The van der Waals surface area contributed by atoms with Gasteiger partial charge in [0, 0.05) is 19.2 Å². The lowest BCUT2D eigenvalue weighted by Crippen LogP contribution is -2.31. The topological polar surface area (TPSA) is 84.2 Å². The van der Waals surface area contributed by atoms with Crippen molar-refractivity contribution in [2.24, 2.45) is 5.73 Å². The fourth-order valence-corrected chi connectivity index (χ4v) is 1.38. The largest absolute Gasteiger partial charge is 0.355 e. The molecule has 0 radical (unpaired) electrons. The van der Waals surface area contributed by atoms with Gasteiger partial charge in [-0.1, -0.05) is 12.1 Å². The third-order valence-electron chi connectivity index (χ3n) is 2.20. The van der Waals surface area contributed by atoms with Gasteiger partial charge in [0.15, 0.2) is 0 Å². The Bertz CT molecular complexity index is 387. The van der Waals surface area contributed by atoms with Gasteiger partial charge in [0.25, 0.3) is 0 Å². The van der Waals surface area contributed by atoms with Gasteiger partial charge in [-0.3, -0.25) is 9.59 Å². The molecule has 0 bridgehead atoms. The minimum Gasteiger partial charge on any atom is -0.355 e. The highest BCUT2D eigenvalue weighted by atomic mass is 16.2. The molecule has 0 fully saturated rings. The van der Waals surface area contributed by atoms with E-state index in [0.717, 1.165) is 17.7 Å². The number of anilines is 1. The lowest BCUT2D eigenvalue weighted by atomic mass is 10.1. The standard InChI is InChI=1S/C12H17N3O2/c1-9(16)15-11-4-2-10(3-5-11)6-7-14-12(17)8-13/h2-5H,6-8,13H2,1H3,(H,14,17)(H,15,16). The molecule has 1 aromatic carbocycles. The molecular formula is C12H17N3O2. The van der Waals surface area contributed by atoms with E-state index in [0.29, 0.717) is 6.54 Å². The number of amides is 2. The van der Waals surface area contributed by atoms with Crippen LogP contribution in [0.25, 0.3) is 0 Å². The molecule has 2 amide bonds. The highest BCUT2D eigenvalue weighted by Crippen LogP contribution is 2.09. The minimum atomic E-state index is -0.153. The lowest BCUT2D eigenvalue weighted by Gasteiger charge is -2.05. The second-order valence-corrected chi connectivity index (χ2v) is 3.68. The zero-order valence-corrected chi connectivity index (χ0v) is 9.82. The normalized spacial score (nSPS) is 9.76. The van der Waals surface area contributed by atoms with Gasteiger partial charge in [0.1, 0.15) is 0 Å². The van der Waals surface area contributed by atoms with Gasteiger partial charge in [-0.2, -0.15) is 0 Å². The SMILES string of the molecule is CC(=O)Nc1ccc(CCNC(=O)CN)cc1. The van der Waals surface area contributed by atoms with Gasteiger partial charge < -0.3 is 16.4 Å². The van der Waals surface area contributed by atoms with E-state index in [1.807, 2.05) is 24.3 Å². The molecule has 92 valence electrons. The van der Waals surface area contributed by atoms with E-state index in [1.165, 1.54) is 6.92 Å². The Morgan fingerprint density at radius 3 is 2.41 bits per heavy atom. The average molecular weight is 235 g/mol. The molecule has 0 atom stereocenters. The molecule has 0 saturated heterocycles. The summed E-state index contributed by atoms with van der Waals surface area (Å²) in [7, 11) is 0. The van der Waals surface area contributed by atoms with Crippen molar-refractivity contribution in [3.05, 3.63) is 29.8 Å². The number of nitrogens with two attached hydrogens (primary N) is 1. The number of nitrogens with one attached hydrogen (secondary N) is 2. The molecule has 0 aliphatic rings. The van der Waals surface area contributed by atoms with Gasteiger partial charge in [-0.15, -0.1) is 0 Å². The molecule has 0 aliphatic heterocycles. The van der Waals surface area contributed by atoms with E-state index in [4.69, 9.17) is 5.73 Å². The Kier molecular flexibility index (Phi) is 5.16. The molecule has 1 rings (SSSR count). The number of hydrogen-bond donors (Lipinski definition) is 3. The number of carbonyl (C=O) groups excluding carboxylic acids is 2. The summed E-state index contributed by atoms with van der Waals surface area (Å²) in [6.45, 7) is 2.05. The number of carbonyl (C=O) groups is 2. The van der Waals surface area contributed by atoms with Crippen LogP contribution in [-0.4, -0.2) is 24.9 Å². The summed E-state index contributed by atoms with van der Waals surface area (Å²) in [6.07, 6.45) is 0.742.